The van der Waals surface area contributed by atoms with E-state index in [4.69, 9.17) is 0 Å². The Labute approximate surface area is 172 Å². The van der Waals surface area contributed by atoms with Crippen molar-refractivity contribution in [3.05, 3.63) is 48.0 Å². The normalized spacial score (nSPS) is 18.4. The fourth-order valence-corrected chi connectivity index (χ4v) is 5.78. The van der Waals surface area contributed by atoms with E-state index in [-0.39, 0.29) is 27.8 Å². The molecule has 0 bridgehead atoms. The van der Waals surface area contributed by atoms with E-state index >= 15 is 0 Å². The van der Waals surface area contributed by atoms with Crippen molar-refractivity contribution in [1.29, 1.82) is 0 Å². The van der Waals surface area contributed by atoms with Crippen molar-refractivity contribution < 1.29 is 26.4 Å². The number of carbonyl (C=O) groups excluding carboxylic acids is 1. The molecule has 1 fully saturated rings. The fraction of sp³-hybridized carbons (Fsp3) is 0.381. The van der Waals surface area contributed by atoms with E-state index in [1.165, 1.54) is 18.2 Å². The van der Waals surface area contributed by atoms with E-state index in [0.717, 1.165) is 54.6 Å². The topological polar surface area (TPSA) is 66.5 Å². The average molecular weight is 438 g/mol. The Balaban J connectivity index is 1.73. The van der Waals surface area contributed by atoms with E-state index in [2.05, 4.69) is 5.32 Å². The second kappa shape index (κ2) is 7.61. The first-order valence-corrected chi connectivity index (χ1v) is 11.2. The molecule has 1 aliphatic carbocycles. The summed E-state index contributed by atoms with van der Waals surface area (Å²) in [6.45, 7) is -0.481. The molecule has 30 heavy (non-hydrogen) atoms. The molecule has 0 spiro atoms. The Morgan fingerprint density at radius 2 is 1.73 bits per heavy atom. The Morgan fingerprint density at radius 1 is 1.03 bits per heavy atom. The molecular weight excluding hydrogens is 417 g/mol. The maximum Gasteiger partial charge on any atom is 0.416 e. The first-order chi connectivity index (χ1) is 14.2. The summed E-state index contributed by atoms with van der Waals surface area (Å²) in [5.41, 5.74) is -0.467. The van der Waals surface area contributed by atoms with Gasteiger partial charge in [-0.05, 0) is 37.1 Å². The molecule has 1 amide bonds. The van der Waals surface area contributed by atoms with Crippen LogP contribution in [0.3, 0.4) is 0 Å². The third-order valence-corrected chi connectivity index (χ3v) is 7.41. The first kappa shape index (κ1) is 20.7. The number of anilines is 1. The first-order valence-electron chi connectivity index (χ1n) is 9.81. The molecule has 0 aromatic heterocycles. The summed E-state index contributed by atoms with van der Waals surface area (Å²) in [4.78, 5) is 12.5. The third-order valence-electron chi connectivity index (χ3n) is 5.60. The van der Waals surface area contributed by atoms with E-state index in [1.54, 1.807) is 6.07 Å². The lowest BCUT2D eigenvalue weighted by molar-refractivity contribution is -0.137. The summed E-state index contributed by atoms with van der Waals surface area (Å²) in [5.74, 6) is -0.462. The lowest BCUT2D eigenvalue weighted by atomic mass is 9.95. The van der Waals surface area contributed by atoms with Gasteiger partial charge >= 0.3 is 6.18 Å². The highest BCUT2D eigenvalue weighted by molar-refractivity contribution is 7.93. The van der Waals surface area contributed by atoms with E-state index in [9.17, 15) is 26.4 Å². The molecule has 2 aromatic carbocycles. The quantitative estimate of drug-likeness (QED) is 0.776. The SMILES string of the molecule is O=C(CN1c2ccc(C(F)(F)F)cc2-c2ccccc2S1(=O)=O)NC1CCCCC1. The zero-order valence-electron chi connectivity index (χ0n) is 16.1. The van der Waals surface area contributed by atoms with Gasteiger partial charge in [0.15, 0.2) is 0 Å². The summed E-state index contributed by atoms with van der Waals surface area (Å²) in [6, 6.07) is 8.81. The number of halogens is 3. The number of nitrogens with zero attached hydrogens (tertiary/aromatic N) is 1. The molecule has 0 unspecified atom stereocenters. The maximum atomic E-state index is 13.3. The predicted molar refractivity (Wildman–Crippen MR) is 106 cm³/mol. The van der Waals surface area contributed by atoms with Crippen molar-refractivity contribution in [3.8, 4) is 11.1 Å². The van der Waals surface area contributed by atoms with Crippen LogP contribution in [0.15, 0.2) is 47.4 Å². The van der Waals surface area contributed by atoms with Crippen LogP contribution in [0, 0.1) is 0 Å². The number of sulfonamides is 1. The highest BCUT2D eigenvalue weighted by Crippen LogP contribution is 2.45. The van der Waals surface area contributed by atoms with Crippen molar-refractivity contribution in [1.82, 2.24) is 5.32 Å². The standard InChI is InChI=1S/C21H21F3N2O3S/c22-21(23,24)14-10-11-18-17(12-14)16-8-4-5-9-19(16)30(28,29)26(18)13-20(27)25-15-6-2-1-3-7-15/h4-5,8-12,15H,1-3,6-7,13H2,(H,25,27). The minimum absolute atomic E-state index is 0.00175. The number of fused-ring (bicyclic) bond motifs is 3. The molecule has 1 N–H and O–H groups in total. The Kier molecular flexibility index (Phi) is 5.25. The van der Waals surface area contributed by atoms with Crippen LogP contribution in [-0.2, 0) is 21.0 Å². The smallest absolute Gasteiger partial charge is 0.352 e. The lowest BCUT2D eigenvalue weighted by Crippen LogP contribution is -2.45. The van der Waals surface area contributed by atoms with E-state index < -0.39 is 34.2 Å². The number of hydrogen-bond acceptors (Lipinski definition) is 3. The van der Waals surface area contributed by atoms with Crippen LogP contribution in [0.25, 0.3) is 11.1 Å². The van der Waals surface area contributed by atoms with Crippen molar-refractivity contribution in [2.24, 2.45) is 0 Å². The minimum Gasteiger partial charge on any atom is -0.352 e. The monoisotopic (exact) mass is 438 g/mol. The average Bonchev–Trinajstić information content (AvgIpc) is 2.71. The summed E-state index contributed by atoms with van der Waals surface area (Å²) >= 11 is 0. The number of carbonyl (C=O) groups is 1. The molecule has 2 aliphatic rings. The van der Waals surface area contributed by atoms with Crippen LogP contribution in [0.5, 0.6) is 0 Å². The van der Waals surface area contributed by atoms with Crippen LogP contribution >= 0.6 is 0 Å². The van der Waals surface area contributed by atoms with Crippen molar-refractivity contribution in [2.45, 2.75) is 49.2 Å². The summed E-state index contributed by atoms with van der Waals surface area (Å²) in [5, 5.41) is 2.87. The fourth-order valence-electron chi connectivity index (χ4n) is 4.13. The molecule has 1 saturated carbocycles. The summed E-state index contributed by atoms with van der Waals surface area (Å²) < 4.78 is 67.1. The van der Waals surface area contributed by atoms with Crippen LogP contribution in [0.1, 0.15) is 37.7 Å². The van der Waals surface area contributed by atoms with Gasteiger partial charge in [-0.1, -0.05) is 37.5 Å². The molecule has 160 valence electrons. The molecule has 1 aliphatic heterocycles. The summed E-state index contributed by atoms with van der Waals surface area (Å²) in [7, 11) is -4.09. The number of alkyl halides is 3. The van der Waals surface area contributed by atoms with Gasteiger partial charge in [0.25, 0.3) is 10.0 Å². The van der Waals surface area contributed by atoms with Crippen molar-refractivity contribution in [3.63, 3.8) is 0 Å². The largest absolute Gasteiger partial charge is 0.416 e. The second-order valence-electron chi connectivity index (χ2n) is 7.64. The van der Waals surface area contributed by atoms with Gasteiger partial charge in [-0.2, -0.15) is 13.2 Å². The Hall–Kier alpha value is -2.55. The van der Waals surface area contributed by atoms with Gasteiger partial charge in [-0.15, -0.1) is 0 Å². The van der Waals surface area contributed by atoms with E-state index in [1.807, 2.05) is 0 Å². The zero-order valence-corrected chi connectivity index (χ0v) is 16.9. The predicted octanol–water partition coefficient (Wildman–Crippen LogP) is 4.33. The molecular formula is C21H21F3N2O3S. The maximum absolute atomic E-state index is 13.3. The molecule has 4 rings (SSSR count). The Bertz CT molecular complexity index is 1080. The van der Waals surface area contributed by atoms with Crippen molar-refractivity contribution >= 4 is 21.6 Å². The van der Waals surface area contributed by atoms with Gasteiger partial charge in [-0.25, -0.2) is 8.42 Å². The number of nitrogens with one attached hydrogen (secondary N) is 1. The third kappa shape index (κ3) is 3.78. The number of amides is 1. The van der Waals surface area contributed by atoms with Gasteiger partial charge in [0.2, 0.25) is 5.91 Å². The van der Waals surface area contributed by atoms with Gasteiger partial charge in [0, 0.05) is 17.2 Å². The van der Waals surface area contributed by atoms with Crippen LogP contribution in [0.4, 0.5) is 18.9 Å². The van der Waals surface area contributed by atoms with Crippen molar-refractivity contribution in [2.75, 3.05) is 10.8 Å². The van der Waals surface area contributed by atoms with Gasteiger partial charge in [0.05, 0.1) is 16.1 Å². The summed E-state index contributed by atoms with van der Waals surface area (Å²) in [6.07, 6.45) is 0.231. The minimum atomic E-state index is -4.57. The molecule has 9 heteroatoms. The molecule has 5 nitrogen and oxygen atoms in total. The number of hydrogen-bond donors (Lipinski definition) is 1. The Morgan fingerprint density at radius 3 is 2.43 bits per heavy atom. The lowest BCUT2D eigenvalue weighted by Gasteiger charge is -2.32. The van der Waals surface area contributed by atoms with Gasteiger partial charge in [-0.3, -0.25) is 9.10 Å². The van der Waals surface area contributed by atoms with Crippen LogP contribution < -0.4 is 9.62 Å². The van der Waals surface area contributed by atoms with Crippen LogP contribution in [-0.4, -0.2) is 26.9 Å². The van der Waals surface area contributed by atoms with E-state index in [0.29, 0.717) is 0 Å². The highest BCUT2D eigenvalue weighted by atomic mass is 32.2. The van der Waals surface area contributed by atoms with Crippen LogP contribution in [0.2, 0.25) is 0 Å². The molecule has 0 saturated heterocycles. The molecule has 2 aromatic rings. The molecule has 1 heterocycles. The molecule has 0 atom stereocenters. The highest BCUT2D eigenvalue weighted by Gasteiger charge is 2.38. The number of rotatable bonds is 3. The van der Waals surface area contributed by atoms with Gasteiger partial charge < -0.3 is 5.32 Å². The number of benzene rings is 2. The van der Waals surface area contributed by atoms with Gasteiger partial charge in [0.1, 0.15) is 6.54 Å². The molecule has 0 radical (unpaired) electrons. The zero-order chi connectivity index (χ0) is 21.5. The second-order valence-corrected chi connectivity index (χ2v) is 9.47.